The number of nitro benzene ring substituents is 1. The van der Waals surface area contributed by atoms with Crippen molar-refractivity contribution in [2.24, 2.45) is 0 Å². The number of carbonyl (C=O) groups is 1. The topological polar surface area (TPSA) is 66.7 Å². The lowest BCUT2D eigenvalue weighted by atomic mass is 10.1. The SMILES string of the molecule is O=C(c1ccccc1)N1CCN(c2ccc(Cl)cc2[N+](=O)[O-])CC1. The monoisotopic (exact) mass is 345 g/mol. The van der Waals surface area contributed by atoms with Gasteiger partial charge in [0.25, 0.3) is 11.6 Å². The van der Waals surface area contributed by atoms with Crippen LogP contribution in [0.25, 0.3) is 0 Å². The molecule has 124 valence electrons. The van der Waals surface area contributed by atoms with Gasteiger partial charge in [-0.3, -0.25) is 14.9 Å². The molecule has 1 fully saturated rings. The second kappa shape index (κ2) is 6.88. The summed E-state index contributed by atoms with van der Waals surface area (Å²) in [5.41, 5.74) is 1.19. The average molecular weight is 346 g/mol. The molecule has 3 rings (SSSR count). The normalized spacial score (nSPS) is 14.5. The number of rotatable bonds is 3. The number of halogens is 1. The summed E-state index contributed by atoms with van der Waals surface area (Å²) in [5, 5.41) is 11.6. The maximum absolute atomic E-state index is 12.4. The number of nitrogens with zero attached hydrogens (tertiary/aromatic N) is 3. The molecule has 6 nitrogen and oxygen atoms in total. The van der Waals surface area contributed by atoms with E-state index in [0.717, 1.165) is 0 Å². The van der Waals surface area contributed by atoms with Gasteiger partial charge in [-0.25, -0.2) is 0 Å². The fraction of sp³-hybridized carbons (Fsp3) is 0.235. The summed E-state index contributed by atoms with van der Waals surface area (Å²) in [4.78, 5) is 26.9. The second-order valence-corrected chi connectivity index (χ2v) is 5.97. The first kappa shape index (κ1) is 16.3. The van der Waals surface area contributed by atoms with Gasteiger partial charge in [0.15, 0.2) is 0 Å². The van der Waals surface area contributed by atoms with Gasteiger partial charge in [0.2, 0.25) is 0 Å². The van der Waals surface area contributed by atoms with Crippen molar-refractivity contribution in [3.8, 4) is 0 Å². The second-order valence-electron chi connectivity index (χ2n) is 5.54. The first-order valence-electron chi connectivity index (χ1n) is 7.59. The van der Waals surface area contributed by atoms with E-state index in [-0.39, 0.29) is 11.6 Å². The quantitative estimate of drug-likeness (QED) is 0.633. The number of nitro groups is 1. The van der Waals surface area contributed by atoms with E-state index in [1.54, 1.807) is 29.2 Å². The van der Waals surface area contributed by atoms with Crippen molar-refractivity contribution < 1.29 is 9.72 Å². The average Bonchev–Trinajstić information content (AvgIpc) is 2.62. The van der Waals surface area contributed by atoms with Crippen LogP contribution in [0.2, 0.25) is 5.02 Å². The lowest BCUT2D eigenvalue weighted by molar-refractivity contribution is -0.384. The first-order valence-corrected chi connectivity index (χ1v) is 7.97. The highest BCUT2D eigenvalue weighted by molar-refractivity contribution is 6.30. The van der Waals surface area contributed by atoms with E-state index in [4.69, 9.17) is 11.6 Å². The Morgan fingerprint density at radius 3 is 2.33 bits per heavy atom. The summed E-state index contributed by atoms with van der Waals surface area (Å²) in [6.07, 6.45) is 0. The van der Waals surface area contributed by atoms with Crippen LogP contribution < -0.4 is 4.90 Å². The molecule has 7 heteroatoms. The molecule has 0 saturated carbocycles. The molecular formula is C17H16ClN3O3. The molecule has 1 aliphatic heterocycles. The Hall–Kier alpha value is -2.60. The van der Waals surface area contributed by atoms with Crippen LogP contribution in [0.15, 0.2) is 48.5 Å². The number of carbonyl (C=O) groups excluding carboxylic acids is 1. The molecule has 2 aromatic carbocycles. The van der Waals surface area contributed by atoms with Crippen LogP contribution in [0.3, 0.4) is 0 Å². The number of amides is 1. The van der Waals surface area contributed by atoms with Crippen molar-refractivity contribution in [1.29, 1.82) is 0 Å². The zero-order valence-electron chi connectivity index (χ0n) is 12.9. The predicted octanol–water partition coefficient (Wildman–Crippen LogP) is 3.21. The van der Waals surface area contributed by atoms with Gasteiger partial charge in [0.1, 0.15) is 5.69 Å². The fourth-order valence-corrected chi connectivity index (χ4v) is 2.99. The van der Waals surface area contributed by atoms with Gasteiger partial charge < -0.3 is 9.80 Å². The van der Waals surface area contributed by atoms with Gasteiger partial charge in [0, 0.05) is 42.8 Å². The molecule has 1 aliphatic rings. The van der Waals surface area contributed by atoms with Crippen molar-refractivity contribution >= 4 is 28.9 Å². The van der Waals surface area contributed by atoms with Crippen molar-refractivity contribution in [3.05, 3.63) is 69.2 Å². The molecule has 24 heavy (non-hydrogen) atoms. The predicted molar refractivity (Wildman–Crippen MR) is 92.7 cm³/mol. The Kier molecular flexibility index (Phi) is 4.66. The number of anilines is 1. The molecule has 0 radical (unpaired) electrons. The Bertz CT molecular complexity index is 759. The smallest absolute Gasteiger partial charge is 0.294 e. The van der Waals surface area contributed by atoms with E-state index in [1.807, 2.05) is 23.1 Å². The zero-order chi connectivity index (χ0) is 17.1. The highest BCUT2D eigenvalue weighted by Gasteiger charge is 2.26. The van der Waals surface area contributed by atoms with Crippen molar-refractivity contribution in [2.45, 2.75) is 0 Å². The van der Waals surface area contributed by atoms with Gasteiger partial charge in [-0.15, -0.1) is 0 Å². The van der Waals surface area contributed by atoms with E-state index >= 15 is 0 Å². The van der Waals surface area contributed by atoms with Gasteiger partial charge in [-0.05, 0) is 24.3 Å². The lowest BCUT2D eigenvalue weighted by Crippen LogP contribution is -2.48. The number of hydrogen-bond acceptors (Lipinski definition) is 4. The molecule has 0 spiro atoms. The van der Waals surface area contributed by atoms with Gasteiger partial charge in [-0.1, -0.05) is 29.8 Å². The van der Waals surface area contributed by atoms with Crippen LogP contribution in [0.1, 0.15) is 10.4 Å². The first-order chi connectivity index (χ1) is 11.6. The molecule has 1 amide bonds. The minimum absolute atomic E-state index is 0.00895. The maximum atomic E-state index is 12.4. The third-order valence-electron chi connectivity index (χ3n) is 4.06. The van der Waals surface area contributed by atoms with Gasteiger partial charge >= 0.3 is 0 Å². The Balaban J connectivity index is 1.72. The third kappa shape index (κ3) is 3.33. The summed E-state index contributed by atoms with van der Waals surface area (Å²) in [6, 6.07) is 13.8. The van der Waals surface area contributed by atoms with E-state index in [9.17, 15) is 14.9 Å². The Morgan fingerprint density at radius 2 is 1.71 bits per heavy atom. The highest BCUT2D eigenvalue weighted by Crippen LogP contribution is 2.31. The molecule has 2 aromatic rings. The van der Waals surface area contributed by atoms with Crippen LogP contribution in [0, 0.1) is 10.1 Å². The Morgan fingerprint density at radius 1 is 1.04 bits per heavy atom. The van der Waals surface area contributed by atoms with Crippen molar-refractivity contribution in [2.75, 3.05) is 31.1 Å². The minimum Gasteiger partial charge on any atom is -0.362 e. The lowest BCUT2D eigenvalue weighted by Gasteiger charge is -2.35. The largest absolute Gasteiger partial charge is 0.362 e. The Labute approximate surface area is 144 Å². The number of piperazine rings is 1. The van der Waals surface area contributed by atoms with Gasteiger partial charge in [0.05, 0.1) is 4.92 Å². The molecule has 0 N–H and O–H groups in total. The molecule has 0 aliphatic carbocycles. The van der Waals surface area contributed by atoms with E-state index in [0.29, 0.717) is 42.5 Å². The molecule has 1 heterocycles. The minimum atomic E-state index is -0.428. The summed E-state index contributed by atoms with van der Waals surface area (Å²) >= 11 is 5.86. The van der Waals surface area contributed by atoms with Crippen molar-refractivity contribution in [1.82, 2.24) is 4.90 Å². The van der Waals surface area contributed by atoms with Gasteiger partial charge in [-0.2, -0.15) is 0 Å². The third-order valence-corrected chi connectivity index (χ3v) is 4.30. The van der Waals surface area contributed by atoms with Crippen LogP contribution in [0.4, 0.5) is 11.4 Å². The molecule has 1 saturated heterocycles. The standard InChI is InChI=1S/C17H16ClN3O3/c18-14-6-7-15(16(12-14)21(23)24)19-8-10-20(11-9-19)17(22)13-4-2-1-3-5-13/h1-7,12H,8-11H2. The van der Waals surface area contributed by atoms with Crippen LogP contribution in [0.5, 0.6) is 0 Å². The van der Waals surface area contributed by atoms with E-state index in [2.05, 4.69) is 0 Å². The van der Waals surface area contributed by atoms with Crippen LogP contribution >= 0.6 is 11.6 Å². The number of hydrogen-bond donors (Lipinski definition) is 0. The summed E-state index contributed by atoms with van der Waals surface area (Å²) in [7, 11) is 0. The van der Waals surface area contributed by atoms with Crippen molar-refractivity contribution in [3.63, 3.8) is 0 Å². The zero-order valence-corrected chi connectivity index (χ0v) is 13.6. The number of benzene rings is 2. The summed E-state index contributed by atoms with van der Waals surface area (Å²) in [5.74, 6) is -0.0131. The summed E-state index contributed by atoms with van der Waals surface area (Å²) < 4.78 is 0. The van der Waals surface area contributed by atoms with E-state index in [1.165, 1.54) is 6.07 Å². The molecule has 0 atom stereocenters. The fourth-order valence-electron chi connectivity index (χ4n) is 2.82. The van der Waals surface area contributed by atoms with Crippen LogP contribution in [-0.2, 0) is 0 Å². The molecular weight excluding hydrogens is 330 g/mol. The molecule has 0 bridgehead atoms. The maximum Gasteiger partial charge on any atom is 0.294 e. The molecule has 0 aromatic heterocycles. The highest BCUT2D eigenvalue weighted by atomic mass is 35.5. The molecule has 0 unspecified atom stereocenters. The van der Waals surface area contributed by atoms with Crippen LogP contribution in [-0.4, -0.2) is 41.9 Å². The van der Waals surface area contributed by atoms with E-state index < -0.39 is 4.92 Å². The summed E-state index contributed by atoms with van der Waals surface area (Å²) in [6.45, 7) is 2.13.